The molecule has 5 nitrogen and oxygen atoms in total. The second-order valence-electron chi connectivity index (χ2n) is 2.51. The summed E-state index contributed by atoms with van der Waals surface area (Å²) < 4.78 is 20.2. The molecule has 3 atom stereocenters. The van der Waals surface area contributed by atoms with Crippen molar-refractivity contribution < 1.29 is 23.7 Å². The molecule has 0 aromatic carbocycles. The number of hydrogen-bond acceptors (Lipinski definition) is 5. The molecule has 0 heterocycles. The van der Waals surface area contributed by atoms with Crippen molar-refractivity contribution in [3.63, 3.8) is 0 Å². The van der Waals surface area contributed by atoms with E-state index < -0.39 is 20.2 Å². The number of aliphatic hydroxyl groups is 1. The first kappa shape index (κ1) is 12.7. The number of aliphatic hydroxyl groups excluding tert-OH is 1. The Hall–Kier alpha value is -0.350. The van der Waals surface area contributed by atoms with Gasteiger partial charge in [0.1, 0.15) is 18.5 Å². The maximum atomic E-state index is 10.7. The lowest BCUT2D eigenvalue weighted by molar-refractivity contribution is -0.111. The molecule has 0 radical (unpaired) electrons. The van der Waals surface area contributed by atoms with Crippen LogP contribution in [0.1, 0.15) is 6.42 Å². The normalized spacial score (nSPS) is 16.4. The molecule has 0 aliphatic rings. The van der Waals surface area contributed by atoms with Crippen LogP contribution in [-0.2, 0) is 18.6 Å². The van der Waals surface area contributed by atoms with E-state index in [-0.39, 0.29) is 13.0 Å². The predicted molar refractivity (Wildman–Crippen MR) is 47.0 cm³/mol. The molecule has 0 aromatic heterocycles. The molecular weight excluding hydrogens is 195 g/mol. The van der Waals surface area contributed by atoms with Crippen molar-refractivity contribution in [2.24, 2.45) is 0 Å². The lowest BCUT2D eigenvalue weighted by Crippen LogP contribution is -2.31. The molecule has 0 aliphatic carbocycles. The lowest BCUT2D eigenvalue weighted by atomic mass is 10.2. The summed E-state index contributed by atoms with van der Waals surface area (Å²) in [5.74, 6) is 0. The van der Waals surface area contributed by atoms with Crippen molar-refractivity contribution in [3.8, 4) is 0 Å². The third-order valence-electron chi connectivity index (χ3n) is 1.38. The smallest absolute Gasteiger partial charge is 0.388 e. The van der Waals surface area contributed by atoms with E-state index in [1.807, 2.05) is 0 Å². The minimum atomic E-state index is -1.82. The molecule has 0 saturated carbocycles. The maximum absolute atomic E-state index is 10.7. The van der Waals surface area contributed by atoms with Gasteiger partial charge >= 0.3 is 8.03 Å². The van der Waals surface area contributed by atoms with Crippen LogP contribution in [0.15, 0.2) is 0 Å². The summed E-state index contributed by atoms with van der Waals surface area (Å²) in [5, 5.41) is 9.35. The molecule has 0 bridgehead atoms. The number of hydrogen-bond donors (Lipinski definition) is 1. The van der Waals surface area contributed by atoms with Crippen molar-refractivity contribution in [2.75, 3.05) is 20.4 Å². The van der Waals surface area contributed by atoms with Gasteiger partial charge in [-0.2, -0.15) is 0 Å². The number of carbonyl (C=O) groups excluding carboxylic acids is 1. The fourth-order valence-electron chi connectivity index (χ4n) is 0.834. The van der Waals surface area contributed by atoms with E-state index in [1.54, 1.807) is 0 Å². The molecule has 0 aliphatic heterocycles. The van der Waals surface area contributed by atoms with Gasteiger partial charge in [0.15, 0.2) is 6.66 Å². The molecule has 3 unspecified atom stereocenters. The Morgan fingerprint density at radius 3 is 2.62 bits per heavy atom. The van der Waals surface area contributed by atoms with Gasteiger partial charge in [-0.1, -0.05) is 0 Å². The van der Waals surface area contributed by atoms with Crippen LogP contribution in [0, 0.1) is 0 Å². The SMILES string of the molecule is COCC(O)C(CC=O)O[P+](C)=O. The first-order valence-corrected chi connectivity index (χ1v) is 5.42. The fourth-order valence-corrected chi connectivity index (χ4v) is 1.44. The van der Waals surface area contributed by atoms with Crippen molar-refractivity contribution in [1.29, 1.82) is 0 Å². The third kappa shape index (κ3) is 5.82. The van der Waals surface area contributed by atoms with Gasteiger partial charge in [-0.25, -0.2) is 0 Å². The molecule has 76 valence electrons. The highest BCUT2D eigenvalue weighted by atomic mass is 31.1. The predicted octanol–water partition coefficient (Wildman–Crippen LogP) is 0.340. The average Bonchev–Trinajstić information content (AvgIpc) is 2.03. The van der Waals surface area contributed by atoms with Crippen molar-refractivity contribution in [3.05, 3.63) is 0 Å². The highest BCUT2D eigenvalue weighted by Gasteiger charge is 2.27. The van der Waals surface area contributed by atoms with E-state index in [1.165, 1.54) is 13.8 Å². The molecule has 0 rings (SSSR count). The Balaban J connectivity index is 4.04. The number of ether oxygens (including phenoxy) is 1. The van der Waals surface area contributed by atoms with Gasteiger partial charge in [-0.05, 0) is 4.57 Å². The summed E-state index contributed by atoms with van der Waals surface area (Å²) in [6.45, 7) is 1.42. The second kappa shape index (κ2) is 7.09. The Morgan fingerprint density at radius 2 is 2.23 bits per heavy atom. The van der Waals surface area contributed by atoms with Crippen molar-refractivity contribution in [2.45, 2.75) is 18.6 Å². The monoisotopic (exact) mass is 209 g/mol. The minimum absolute atomic E-state index is 0.0133. The van der Waals surface area contributed by atoms with Gasteiger partial charge in [0, 0.05) is 13.5 Å². The molecule has 0 amide bonds. The second-order valence-corrected chi connectivity index (χ2v) is 3.60. The molecule has 0 spiro atoms. The van der Waals surface area contributed by atoms with Crippen LogP contribution in [0.2, 0.25) is 0 Å². The number of rotatable bonds is 7. The van der Waals surface area contributed by atoms with E-state index in [9.17, 15) is 14.5 Å². The lowest BCUT2D eigenvalue weighted by Gasteiger charge is -2.14. The van der Waals surface area contributed by atoms with E-state index in [4.69, 9.17) is 4.52 Å². The summed E-state index contributed by atoms with van der Waals surface area (Å²) in [6.07, 6.45) is -1.04. The number of carbonyl (C=O) groups is 1. The molecule has 13 heavy (non-hydrogen) atoms. The Bertz CT molecular complexity index is 172. The Kier molecular flexibility index (Phi) is 6.90. The van der Waals surface area contributed by atoms with Gasteiger partial charge in [0.25, 0.3) is 0 Å². The minimum Gasteiger partial charge on any atom is -0.388 e. The van der Waals surface area contributed by atoms with Gasteiger partial charge in [-0.15, -0.1) is 4.52 Å². The number of aldehydes is 1. The van der Waals surface area contributed by atoms with Gasteiger partial charge in [0.05, 0.1) is 6.61 Å². The summed E-state index contributed by atoms with van der Waals surface area (Å²) >= 11 is 0. The Labute approximate surface area is 77.9 Å². The van der Waals surface area contributed by atoms with Crippen LogP contribution < -0.4 is 0 Å². The average molecular weight is 209 g/mol. The zero-order chi connectivity index (χ0) is 10.3. The first-order valence-electron chi connectivity index (χ1n) is 3.80. The van der Waals surface area contributed by atoms with E-state index in [0.717, 1.165) is 0 Å². The summed E-state index contributed by atoms with van der Waals surface area (Å²) in [4.78, 5) is 10.2. The van der Waals surface area contributed by atoms with Crippen LogP contribution in [0.25, 0.3) is 0 Å². The van der Waals surface area contributed by atoms with Crippen molar-refractivity contribution >= 4 is 14.3 Å². The first-order chi connectivity index (χ1) is 6.11. The molecule has 1 N–H and O–H groups in total. The summed E-state index contributed by atoms with van der Waals surface area (Å²) in [6, 6.07) is 0. The van der Waals surface area contributed by atoms with Crippen LogP contribution in [-0.4, -0.2) is 44.0 Å². The van der Waals surface area contributed by atoms with Crippen LogP contribution in [0.4, 0.5) is 0 Å². The molecule has 0 saturated heterocycles. The summed E-state index contributed by atoms with van der Waals surface area (Å²) in [7, 11) is -0.395. The highest BCUT2D eigenvalue weighted by molar-refractivity contribution is 7.38. The standard InChI is InChI=1S/C7H14O5P/c1-11-5-6(9)7(3-4-8)12-13(2)10/h4,6-7,9H,3,5H2,1-2H3/q+1. The number of methoxy groups -OCH3 is 1. The van der Waals surface area contributed by atoms with Gasteiger partial charge < -0.3 is 14.6 Å². The molecule has 0 aromatic rings. The quantitative estimate of drug-likeness (QED) is 0.483. The van der Waals surface area contributed by atoms with Crippen LogP contribution >= 0.6 is 8.03 Å². The van der Waals surface area contributed by atoms with Crippen LogP contribution in [0.3, 0.4) is 0 Å². The topological polar surface area (TPSA) is 72.8 Å². The summed E-state index contributed by atoms with van der Waals surface area (Å²) in [5.41, 5.74) is 0. The van der Waals surface area contributed by atoms with E-state index in [0.29, 0.717) is 6.29 Å². The zero-order valence-electron chi connectivity index (χ0n) is 7.67. The molecular formula is C7H14O5P+. The Morgan fingerprint density at radius 1 is 1.62 bits per heavy atom. The molecule has 6 heteroatoms. The van der Waals surface area contributed by atoms with Gasteiger partial charge in [-0.3, -0.25) is 0 Å². The van der Waals surface area contributed by atoms with Gasteiger partial charge in [0.2, 0.25) is 0 Å². The molecule has 0 fully saturated rings. The maximum Gasteiger partial charge on any atom is 0.505 e. The van der Waals surface area contributed by atoms with Crippen LogP contribution in [0.5, 0.6) is 0 Å². The van der Waals surface area contributed by atoms with Crippen molar-refractivity contribution in [1.82, 2.24) is 0 Å². The van der Waals surface area contributed by atoms with E-state index in [2.05, 4.69) is 4.74 Å². The van der Waals surface area contributed by atoms with E-state index >= 15 is 0 Å². The fraction of sp³-hybridized carbons (Fsp3) is 0.857. The highest BCUT2D eigenvalue weighted by Crippen LogP contribution is 2.22. The largest absolute Gasteiger partial charge is 0.505 e. The zero-order valence-corrected chi connectivity index (χ0v) is 8.57. The third-order valence-corrected chi connectivity index (χ3v) is 1.95.